The summed E-state index contributed by atoms with van der Waals surface area (Å²) in [5.74, 6) is 0.723. The molecule has 5 nitrogen and oxygen atoms in total. The fourth-order valence-corrected chi connectivity index (χ4v) is 2.74. The summed E-state index contributed by atoms with van der Waals surface area (Å²) in [6.45, 7) is 1.96. The highest BCUT2D eigenvalue weighted by molar-refractivity contribution is 7.99. The van der Waals surface area contributed by atoms with Gasteiger partial charge in [0.15, 0.2) is 0 Å². The molecule has 2 aromatic rings. The van der Waals surface area contributed by atoms with E-state index in [2.05, 4.69) is 10.4 Å². The number of nitrogens with two attached hydrogens (primary N) is 1. The summed E-state index contributed by atoms with van der Waals surface area (Å²) in [5.41, 5.74) is 8.04. The van der Waals surface area contributed by atoms with Crippen molar-refractivity contribution < 1.29 is 4.79 Å². The zero-order valence-electron chi connectivity index (χ0n) is 11.6. The largest absolute Gasteiger partial charge is 0.399 e. The normalized spacial score (nSPS) is 10.5. The van der Waals surface area contributed by atoms with E-state index in [1.54, 1.807) is 36.0 Å². The first-order chi connectivity index (χ1) is 9.54. The third-order valence-electron chi connectivity index (χ3n) is 2.73. The summed E-state index contributed by atoms with van der Waals surface area (Å²) in [6, 6.07) is 9.14. The zero-order valence-corrected chi connectivity index (χ0v) is 12.4. The molecule has 0 saturated heterocycles. The Morgan fingerprint density at radius 1 is 1.40 bits per heavy atom. The molecule has 106 valence electrons. The number of nitrogens with zero attached hydrogens (tertiary/aromatic N) is 2. The van der Waals surface area contributed by atoms with Crippen LogP contribution in [0.2, 0.25) is 0 Å². The number of hydrogen-bond donors (Lipinski definition) is 2. The standard InChI is InChI=1S/C14H18N4OS/c1-10-9-14(18(2)17-10)20-8-7-13(19)16-12-5-3-11(15)4-6-12/h3-6,9H,7-8,15H2,1-2H3,(H,16,19). The van der Waals surface area contributed by atoms with Crippen LogP contribution in [0.15, 0.2) is 35.4 Å². The average Bonchev–Trinajstić information content (AvgIpc) is 2.71. The van der Waals surface area contributed by atoms with E-state index in [9.17, 15) is 4.79 Å². The second-order valence-corrected chi connectivity index (χ2v) is 5.63. The first-order valence-corrected chi connectivity index (χ1v) is 7.32. The minimum absolute atomic E-state index is 0.00108. The number of thioether (sulfide) groups is 1. The molecule has 1 aromatic carbocycles. The lowest BCUT2D eigenvalue weighted by molar-refractivity contribution is -0.115. The van der Waals surface area contributed by atoms with Gasteiger partial charge in [-0.1, -0.05) is 0 Å². The Hall–Kier alpha value is -1.95. The van der Waals surface area contributed by atoms with Crippen molar-refractivity contribution in [3.8, 4) is 0 Å². The Morgan fingerprint density at radius 3 is 2.70 bits per heavy atom. The van der Waals surface area contributed by atoms with Gasteiger partial charge in [-0.15, -0.1) is 11.8 Å². The number of carbonyl (C=O) groups excluding carboxylic acids is 1. The van der Waals surface area contributed by atoms with Gasteiger partial charge in [-0.3, -0.25) is 9.48 Å². The Morgan fingerprint density at radius 2 is 2.10 bits per heavy atom. The van der Waals surface area contributed by atoms with Gasteiger partial charge in [0.05, 0.1) is 10.7 Å². The molecule has 0 aliphatic rings. The summed E-state index contributed by atoms with van der Waals surface area (Å²) >= 11 is 1.63. The van der Waals surface area contributed by atoms with Crippen LogP contribution in [0, 0.1) is 6.92 Å². The predicted octanol–water partition coefficient (Wildman–Crippen LogP) is 2.43. The van der Waals surface area contributed by atoms with E-state index >= 15 is 0 Å². The third kappa shape index (κ3) is 4.03. The fourth-order valence-electron chi connectivity index (χ4n) is 1.76. The molecule has 0 atom stereocenters. The van der Waals surface area contributed by atoms with E-state index in [4.69, 9.17) is 5.73 Å². The van der Waals surface area contributed by atoms with Crippen LogP contribution in [0.25, 0.3) is 0 Å². The average molecular weight is 290 g/mol. The SMILES string of the molecule is Cc1cc(SCCC(=O)Nc2ccc(N)cc2)n(C)n1. The molecule has 0 aliphatic carbocycles. The number of aryl methyl sites for hydroxylation is 2. The third-order valence-corrected chi connectivity index (χ3v) is 3.82. The number of rotatable bonds is 5. The topological polar surface area (TPSA) is 72.9 Å². The quantitative estimate of drug-likeness (QED) is 0.655. The van der Waals surface area contributed by atoms with Crippen LogP contribution in [-0.2, 0) is 11.8 Å². The number of carbonyl (C=O) groups is 1. The molecule has 0 unspecified atom stereocenters. The minimum Gasteiger partial charge on any atom is -0.399 e. The Kier molecular flexibility index (Phi) is 4.68. The van der Waals surface area contributed by atoms with Crippen molar-refractivity contribution >= 4 is 29.0 Å². The van der Waals surface area contributed by atoms with Crippen molar-refractivity contribution in [3.63, 3.8) is 0 Å². The van der Waals surface area contributed by atoms with Crippen molar-refractivity contribution in [2.75, 3.05) is 16.8 Å². The van der Waals surface area contributed by atoms with E-state index < -0.39 is 0 Å². The molecule has 0 radical (unpaired) electrons. The van der Waals surface area contributed by atoms with Gasteiger partial charge in [-0.2, -0.15) is 5.10 Å². The minimum atomic E-state index is 0.00108. The number of benzene rings is 1. The van der Waals surface area contributed by atoms with Crippen LogP contribution in [0.1, 0.15) is 12.1 Å². The van der Waals surface area contributed by atoms with Gasteiger partial charge in [-0.05, 0) is 37.3 Å². The monoisotopic (exact) mass is 290 g/mol. The van der Waals surface area contributed by atoms with Gasteiger partial charge in [0.2, 0.25) is 5.91 Å². The maximum Gasteiger partial charge on any atom is 0.225 e. The van der Waals surface area contributed by atoms with Crippen LogP contribution < -0.4 is 11.1 Å². The summed E-state index contributed by atoms with van der Waals surface area (Å²) in [5, 5.41) is 8.19. The van der Waals surface area contributed by atoms with Crippen molar-refractivity contribution in [1.29, 1.82) is 0 Å². The zero-order chi connectivity index (χ0) is 14.5. The second-order valence-electron chi connectivity index (χ2n) is 4.52. The molecule has 0 spiro atoms. The van der Waals surface area contributed by atoms with Gasteiger partial charge < -0.3 is 11.1 Å². The van der Waals surface area contributed by atoms with Crippen molar-refractivity contribution in [3.05, 3.63) is 36.0 Å². The number of nitrogen functional groups attached to an aromatic ring is 1. The van der Waals surface area contributed by atoms with Crippen molar-refractivity contribution in [2.24, 2.45) is 7.05 Å². The predicted molar refractivity (Wildman–Crippen MR) is 82.8 cm³/mol. The number of aromatic nitrogens is 2. The molecule has 2 rings (SSSR count). The number of hydrogen-bond acceptors (Lipinski definition) is 4. The molecule has 3 N–H and O–H groups in total. The Bertz CT molecular complexity index is 592. The number of amides is 1. The van der Waals surface area contributed by atoms with Gasteiger partial charge in [0, 0.05) is 30.6 Å². The highest BCUT2D eigenvalue weighted by atomic mass is 32.2. The molecule has 0 aliphatic heterocycles. The first-order valence-electron chi connectivity index (χ1n) is 6.33. The molecule has 1 aromatic heterocycles. The van der Waals surface area contributed by atoms with E-state index in [1.807, 2.05) is 24.7 Å². The van der Waals surface area contributed by atoms with Crippen LogP contribution in [-0.4, -0.2) is 21.4 Å². The smallest absolute Gasteiger partial charge is 0.225 e. The molecule has 1 amide bonds. The van der Waals surface area contributed by atoms with Crippen LogP contribution in [0.3, 0.4) is 0 Å². The van der Waals surface area contributed by atoms with Gasteiger partial charge in [0.25, 0.3) is 0 Å². The molecule has 0 bridgehead atoms. The summed E-state index contributed by atoms with van der Waals surface area (Å²) in [7, 11) is 1.91. The van der Waals surface area contributed by atoms with E-state index in [-0.39, 0.29) is 5.91 Å². The van der Waals surface area contributed by atoms with E-state index in [0.717, 1.165) is 22.2 Å². The lowest BCUT2D eigenvalue weighted by Crippen LogP contribution is -2.12. The van der Waals surface area contributed by atoms with Crippen molar-refractivity contribution in [1.82, 2.24) is 9.78 Å². The molecule has 20 heavy (non-hydrogen) atoms. The van der Waals surface area contributed by atoms with E-state index in [1.165, 1.54) is 0 Å². The number of nitrogens with one attached hydrogen (secondary N) is 1. The van der Waals surface area contributed by atoms with Crippen LogP contribution in [0.4, 0.5) is 11.4 Å². The highest BCUT2D eigenvalue weighted by Crippen LogP contribution is 2.19. The summed E-state index contributed by atoms with van der Waals surface area (Å²) in [6.07, 6.45) is 0.458. The van der Waals surface area contributed by atoms with Gasteiger partial charge in [0.1, 0.15) is 0 Å². The molecule has 0 saturated carbocycles. The first kappa shape index (κ1) is 14.5. The fraction of sp³-hybridized carbons (Fsp3) is 0.286. The van der Waals surface area contributed by atoms with Gasteiger partial charge >= 0.3 is 0 Å². The Labute approximate surface area is 122 Å². The summed E-state index contributed by atoms with van der Waals surface area (Å²) < 4.78 is 1.83. The van der Waals surface area contributed by atoms with E-state index in [0.29, 0.717) is 12.1 Å². The van der Waals surface area contributed by atoms with Gasteiger partial charge in [-0.25, -0.2) is 0 Å². The number of anilines is 2. The second kappa shape index (κ2) is 6.47. The maximum absolute atomic E-state index is 11.8. The molecular weight excluding hydrogens is 272 g/mol. The highest BCUT2D eigenvalue weighted by Gasteiger charge is 2.06. The Balaban J connectivity index is 1.78. The molecule has 0 fully saturated rings. The molecule has 6 heteroatoms. The lowest BCUT2D eigenvalue weighted by atomic mass is 10.3. The van der Waals surface area contributed by atoms with Crippen LogP contribution in [0.5, 0.6) is 0 Å². The molecule has 1 heterocycles. The lowest BCUT2D eigenvalue weighted by Gasteiger charge is -2.05. The molecular formula is C14H18N4OS. The maximum atomic E-state index is 11.8. The van der Waals surface area contributed by atoms with Crippen molar-refractivity contribution in [2.45, 2.75) is 18.4 Å². The summed E-state index contributed by atoms with van der Waals surface area (Å²) in [4.78, 5) is 11.8. The van der Waals surface area contributed by atoms with Crippen LogP contribution >= 0.6 is 11.8 Å².